The zero-order valence-corrected chi connectivity index (χ0v) is 16.8. The fourth-order valence-electron chi connectivity index (χ4n) is 2.29. The molecule has 0 saturated carbocycles. The Hall–Kier alpha value is -0.0294. The topological polar surface area (TPSA) is 36.9 Å². The van der Waals surface area contributed by atoms with Crippen LogP contribution in [0.15, 0.2) is 21.8 Å². The average molecular weight is 321 g/mol. The third kappa shape index (κ3) is 6.80. The maximum atomic E-state index is 5.41. The molecule has 0 saturated heterocycles. The lowest BCUT2D eigenvalue weighted by Crippen LogP contribution is -2.30. The van der Waals surface area contributed by atoms with E-state index in [1.807, 2.05) is 0 Å². The molecule has 19 heavy (non-hydrogen) atoms. The minimum Gasteiger partial charge on any atom is -0.397 e. The fraction of sp³-hybridized carbons (Fsp3) is 0.667. The largest absolute Gasteiger partial charge is 0.397 e. The van der Waals surface area contributed by atoms with E-state index >= 15 is 0 Å². The molecule has 0 atom stereocenters. The van der Waals surface area contributed by atoms with Crippen molar-refractivity contribution in [2.75, 3.05) is 28.4 Å². The fourth-order valence-corrected chi connectivity index (χ4v) is 10.3. The van der Waals surface area contributed by atoms with E-state index in [2.05, 4.69) is 38.3 Å². The van der Waals surface area contributed by atoms with Crippen molar-refractivity contribution in [3.8, 4) is 0 Å². The first-order chi connectivity index (χ1) is 8.81. The lowest BCUT2D eigenvalue weighted by Gasteiger charge is -2.20. The Morgan fingerprint density at radius 2 is 1.00 bits per heavy atom. The smallest absolute Gasteiger partial charge is 0.350 e. The third-order valence-corrected chi connectivity index (χ3v) is 9.40. The molecule has 0 aliphatic heterocycles. The lowest BCUT2D eigenvalue weighted by atomic mass is 10.7. The Morgan fingerprint density at radius 1 is 0.737 bits per heavy atom. The first kappa shape index (κ1) is 19.0. The molecule has 7 heteroatoms. The standard InChI is InChI=1S/C12H28O4Si3/c1-11(17(13-3)14-4)9-19(7,8)10-12(2)18(15-5)16-6/h9-10,17-18H,1-8H3. The highest BCUT2D eigenvalue weighted by molar-refractivity contribution is 6.88. The van der Waals surface area contributed by atoms with Gasteiger partial charge in [0, 0.05) is 28.4 Å². The summed E-state index contributed by atoms with van der Waals surface area (Å²) >= 11 is 0. The summed E-state index contributed by atoms with van der Waals surface area (Å²) in [4.78, 5) is 0. The van der Waals surface area contributed by atoms with Crippen molar-refractivity contribution >= 4 is 26.6 Å². The summed E-state index contributed by atoms with van der Waals surface area (Å²) in [6.07, 6.45) is 0. The molecule has 112 valence electrons. The van der Waals surface area contributed by atoms with E-state index in [9.17, 15) is 0 Å². The second-order valence-corrected chi connectivity index (χ2v) is 14.5. The van der Waals surface area contributed by atoms with Crippen LogP contribution < -0.4 is 0 Å². The van der Waals surface area contributed by atoms with Gasteiger partial charge in [-0.15, -0.1) is 0 Å². The van der Waals surface area contributed by atoms with Crippen LogP contribution in [0.3, 0.4) is 0 Å². The first-order valence-electron chi connectivity index (χ1n) is 6.31. The monoisotopic (exact) mass is 320 g/mol. The molecule has 0 heterocycles. The Kier molecular flexibility index (Phi) is 8.99. The Bertz CT molecular complexity index is 291. The quantitative estimate of drug-likeness (QED) is 0.639. The van der Waals surface area contributed by atoms with Gasteiger partial charge in [0.25, 0.3) is 0 Å². The summed E-state index contributed by atoms with van der Waals surface area (Å²) < 4.78 is 21.6. The summed E-state index contributed by atoms with van der Waals surface area (Å²) in [5.41, 5.74) is 4.69. The molecule has 0 rings (SSSR count). The van der Waals surface area contributed by atoms with Gasteiger partial charge in [-0.1, -0.05) is 24.5 Å². The Labute approximate surface area is 122 Å². The van der Waals surface area contributed by atoms with Crippen LogP contribution >= 0.6 is 0 Å². The van der Waals surface area contributed by atoms with Gasteiger partial charge in [0.1, 0.15) is 0 Å². The Morgan fingerprint density at radius 3 is 1.21 bits per heavy atom. The van der Waals surface area contributed by atoms with E-state index in [4.69, 9.17) is 17.7 Å². The van der Waals surface area contributed by atoms with Gasteiger partial charge >= 0.3 is 18.6 Å². The summed E-state index contributed by atoms with van der Waals surface area (Å²) in [6.45, 7) is 8.80. The van der Waals surface area contributed by atoms with Crippen molar-refractivity contribution < 1.29 is 17.7 Å². The predicted molar refractivity (Wildman–Crippen MR) is 87.3 cm³/mol. The van der Waals surface area contributed by atoms with E-state index in [1.165, 1.54) is 10.4 Å². The van der Waals surface area contributed by atoms with Gasteiger partial charge < -0.3 is 17.7 Å². The molecule has 0 aliphatic rings. The van der Waals surface area contributed by atoms with Crippen LogP contribution in [0.5, 0.6) is 0 Å². The number of hydrogen-bond acceptors (Lipinski definition) is 4. The van der Waals surface area contributed by atoms with Crippen LogP contribution in [0.4, 0.5) is 0 Å². The molecular weight excluding hydrogens is 292 g/mol. The highest BCUT2D eigenvalue weighted by Crippen LogP contribution is 2.15. The normalized spacial score (nSPS) is 14.6. The van der Waals surface area contributed by atoms with Gasteiger partial charge in [-0.3, -0.25) is 0 Å². The highest BCUT2D eigenvalue weighted by Gasteiger charge is 2.22. The molecule has 0 bridgehead atoms. The second kappa shape index (κ2) is 9.01. The molecule has 0 N–H and O–H groups in total. The van der Waals surface area contributed by atoms with Crippen molar-refractivity contribution in [3.05, 3.63) is 21.8 Å². The highest BCUT2D eigenvalue weighted by atomic mass is 28.3. The SMILES string of the molecule is CO[SiH](OC)C(C)=C[Si](C)(C)C=C(C)[SiH](OC)OC. The summed E-state index contributed by atoms with van der Waals surface area (Å²) in [6, 6.07) is 0. The minimum atomic E-state index is -1.66. The zero-order chi connectivity index (χ0) is 15.1. The van der Waals surface area contributed by atoms with Crippen LogP contribution in [0.2, 0.25) is 13.1 Å². The molecule has 0 aliphatic carbocycles. The molecule has 0 amide bonds. The Balaban J connectivity index is 5.06. The lowest BCUT2D eigenvalue weighted by molar-refractivity contribution is 0.287. The summed E-state index contributed by atoms with van der Waals surface area (Å²) in [5.74, 6) is 0. The van der Waals surface area contributed by atoms with E-state index < -0.39 is 26.6 Å². The van der Waals surface area contributed by atoms with E-state index in [1.54, 1.807) is 28.4 Å². The van der Waals surface area contributed by atoms with Gasteiger partial charge in [-0.05, 0) is 24.2 Å². The van der Waals surface area contributed by atoms with Crippen molar-refractivity contribution in [1.82, 2.24) is 0 Å². The number of allylic oxidation sites excluding steroid dienone is 2. The summed E-state index contributed by atoms with van der Waals surface area (Å²) in [7, 11) is 1.95. The molecule has 0 radical (unpaired) electrons. The number of hydrogen-bond donors (Lipinski definition) is 0. The van der Waals surface area contributed by atoms with Crippen molar-refractivity contribution in [1.29, 1.82) is 0 Å². The van der Waals surface area contributed by atoms with Gasteiger partial charge in [0.2, 0.25) is 0 Å². The second-order valence-electron chi connectivity index (χ2n) is 5.20. The molecule has 0 aromatic carbocycles. The van der Waals surface area contributed by atoms with Crippen LogP contribution in [0, 0.1) is 0 Å². The molecule has 0 unspecified atom stereocenters. The van der Waals surface area contributed by atoms with Crippen LogP contribution in [-0.2, 0) is 17.7 Å². The zero-order valence-electron chi connectivity index (χ0n) is 13.4. The average Bonchev–Trinajstić information content (AvgIpc) is 2.30. The van der Waals surface area contributed by atoms with Crippen LogP contribution in [0.25, 0.3) is 0 Å². The van der Waals surface area contributed by atoms with Crippen molar-refractivity contribution in [3.63, 3.8) is 0 Å². The predicted octanol–water partition coefficient (Wildman–Crippen LogP) is 1.77. The maximum absolute atomic E-state index is 5.41. The molecule has 0 aromatic heterocycles. The molecule has 0 spiro atoms. The first-order valence-corrected chi connectivity index (χ1v) is 12.5. The minimum absolute atomic E-state index is 1.25. The van der Waals surface area contributed by atoms with E-state index in [0.29, 0.717) is 0 Å². The summed E-state index contributed by atoms with van der Waals surface area (Å²) in [5, 5.41) is 2.50. The van der Waals surface area contributed by atoms with Gasteiger partial charge in [0.05, 0.1) is 8.07 Å². The van der Waals surface area contributed by atoms with E-state index in [0.717, 1.165) is 0 Å². The molecule has 4 nitrogen and oxygen atoms in total. The number of rotatable bonds is 8. The maximum Gasteiger partial charge on any atom is 0.350 e. The molecule has 0 fully saturated rings. The van der Waals surface area contributed by atoms with Gasteiger partial charge in [-0.2, -0.15) is 0 Å². The molecular formula is C12H28O4Si3. The van der Waals surface area contributed by atoms with Gasteiger partial charge in [0.15, 0.2) is 0 Å². The van der Waals surface area contributed by atoms with Crippen LogP contribution in [-0.4, -0.2) is 55.1 Å². The van der Waals surface area contributed by atoms with Gasteiger partial charge in [-0.25, -0.2) is 0 Å². The van der Waals surface area contributed by atoms with E-state index in [-0.39, 0.29) is 0 Å². The van der Waals surface area contributed by atoms with Crippen molar-refractivity contribution in [2.24, 2.45) is 0 Å². The molecule has 0 aromatic rings. The van der Waals surface area contributed by atoms with Crippen LogP contribution in [0.1, 0.15) is 13.8 Å². The third-order valence-electron chi connectivity index (χ3n) is 2.80. The van der Waals surface area contributed by atoms with Crippen molar-refractivity contribution in [2.45, 2.75) is 26.9 Å².